The van der Waals surface area contributed by atoms with Crippen LogP contribution in [0.5, 0.6) is 11.5 Å². The molecule has 1 aromatic carbocycles. The lowest BCUT2D eigenvalue weighted by atomic mass is 10.1. The molecule has 0 spiro atoms. The van der Waals surface area contributed by atoms with Crippen LogP contribution in [0, 0.1) is 0 Å². The molecule has 0 heterocycles. The molecule has 0 bridgehead atoms. The first-order chi connectivity index (χ1) is 11.3. The van der Waals surface area contributed by atoms with E-state index < -0.39 is 24.3 Å². The first-order valence-electron chi connectivity index (χ1n) is 7.42. The Morgan fingerprint density at radius 2 is 1.96 bits per heavy atom. The molecule has 24 heavy (non-hydrogen) atoms. The number of benzene rings is 1. The van der Waals surface area contributed by atoms with Gasteiger partial charge in [-0.15, -0.1) is 0 Å². The number of hydrogen-bond acceptors (Lipinski definition) is 5. The van der Waals surface area contributed by atoms with Gasteiger partial charge in [-0.1, -0.05) is 6.92 Å². The van der Waals surface area contributed by atoms with Crippen molar-refractivity contribution in [3.8, 4) is 11.5 Å². The summed E-state index contributed by atoms with van der Waals surface area (Å²) in [5.41, 5.74) is 5.29. The van der Waals surface area contributed by atoms with Crippen molar-refractivity contribution in [3.63, 3.8) is 0 Å². The summed E-state index contributed by atoms with van der Waals surface area (Å²) < 4.78 is 10.4. The molecule has 0 aliphatic carbocycles. The molecular weight excluding hydrogens is 316 g/mol. The number of nitrogens with two attached hydrogens (primary N) is 1. The zero-order valence-corrected chi connectivity index (χ0v) is 13.9. The van der Waals surface area contributed by atoms with Crippen LogP contribution in [-0.4, -0.2) is 54.1 Å². The molecule has 1 rings (SSSR count). The Morgan fingerprint density at radius 1 is 1.29 bits per heavy atom. The average Bonchev–Trinajstić information content (AvgIpc) is 2.56. The summed E-state index contributed by atoms with van der Waals surface area (Å²) >= 11 is 0. The second-order valence-corrected chi connectivity index (χ2v) is 5.20. The monoisotopic (exact) mass is 338 g/mol. The molecule has 8 nitrogen and oxygen atoms in total. The van der Waals surface area contributed by atoms with E-state index in [9.17, 15) is 14.4 Å². The molecule has 0 radical (unpaired) electrons. The highest BCUT2D eigenvalue weighted by Crippen LogP contribution is 2.28. The largest absolute Gasteiger partial charge is 0.493 e. The molecule has 0 saturated carbocycles. The molecule has 132 valence electrons. The third kappa shape index (κ3) is 5.15. The summed E-state index contributed by atoms with van der Waals surface area (Å²) in [6.07, 6.45) is 0.621. The molecule has 0 fully saturated rings. The van der Waals surface area contributed by atoms with Crippen LogP contribution in [-0.2, 0) is 9.59 Å². The average molecular weight is 338 g/mol. The normalized spacial score (nSPS) is 11.5. The zero-order valence-electron chi connectivity index (χ0n) is 13.9. The Kier molecular flexibility index (Phi) is 7.03. The summed E-state index contributed by atoms with van der Waals surface area (Å²) in [6, 6.07) is 4.17. The summed E-state index contributed by atoms with van der Waals surface area (Å²) in [7, 11) is 1.39. The third-order valence-electron chi connectivity index (χ3n) is 3.47. The van der Waals surface area contributed by atoms with Gasteiger partial charge in [-0.2, -0.15) is 0 Å². The second kappa shape index (κ2) is 8.76. The van der Waals surface area contributed by atoms with Gasteiger partial charge in [0, 0.05) is 11.6 Å². The number of methoxy groups -OCH3 is 1. The van der Waals surface area contributed by atoms with Gasteiger partial charge in [0.2, 0.25) is 0 Å². The maximum absolute atomic E-state index is 12.6. The van der Waals surface area contributed by atoms with Gasteiger partial charge in [-0.3, -0.25) is 14.4 Å². The Balaban J connectivity index is 3.08. The smallest absolute Gasteiger partial charge is 0.323 e. The lowest BCUT2D eigenvalue weighted by Gasteiger charge is -2.27. The fourth-order valence-corrected chi connectivity index (χ4v) is 2.03. The number of aliphatic carboxylic acids is 1. The maximum Gasteiger partial charge on any atom is 0.323 e. The highest BCUT2D eigenvalue weighted by atomic mass is 16.5. The first kappa shape index (κ1) is 19.3. The van der Waals surface area contributed by atoms with Crippen LogP contribution < -0.4 is 15.2 Å². The molecule has 3 N–H and O–H groups in total. The number of ether oxygens (including phenoxy) is 2. The SMILES string of the molecule is CCC(C)N(CC(=O)O)C(=O)c1ccc(OCC(N)=O)c(OC)c1. The van der Waals surface area contributed by atoms with Gasteiger partial charge >= 0.3 is 5.97 Å². The van der Waals surface area contributed by atoms with E-state index in [1.54, 1.807) is 6.92 Å². The standard InChI is InChI=1S/C16H22N2O6/c1-4-10(2)18(8-15(20)21)16(22)11-5-6-12(13(7-11)23-3)24-9-14(17)19/h5-7,10H,4,8-9H2,1-3H3,(H2,17,19)(H,20,21). The fraction of sp³-hybridized carbons (Fsp3) is 0.438. The van der Waals surface area contributed by atoms with Crippen molar-refractivity contribution >= 4 is 17.8 Å². The number of primary amides is 1. The third-order valence-corrected chi connectivity index (χ3v) is 3.47. The molecular formula is C16H22N2O6. The van der Waals surface area contributed by atoms with Gasteiger partial charge in [0.25, 0.3) is 11.8 Å². The molecule has 0 aliphatic rings. The lowest BCUT2D eigenvalue weighted by Crippen LogP contribution is -2.41. The van der Waals surface area contributed by atoms with Crippen LogP contribution in [0.1, 0.15) is 30.6 Å². The van der Waals surface area contributed by atoms with Crippen molar-refractivity contribution < 1.29 is 29.0 Å². The van der Waals surface area contributed by atoms with Crippen molar-refractivity contribution in [1.29, 1.82) is 0 Å². The van der Waals surface area contributed by atoms with Crippen LogP contribution in [0.15, 0.2) is 18.2 Å². The Hall–Kier alpha value is -2.77. The van der Waals surface area contributed by atoms with Crippen LogP contribution in [0.2, 0.25) is 0 Å². The van der Waals surface area contributed by atoms with E-state index in [0.717, 1.165) is 0 Å². The first-order valence-corrected chi connectivity index (χ1v) is 7.42. The van der Waals surface area contributed by atoms with E-state index in [4.69, 9.17) is 20.3 Å². The van der Waals surface area contributed by atoms with Crippen LogP contribution >= 0.6 is 0 Å². The minimum atomic E-state index is -1.09. The number of carbonyl (C=O) groups excluding carboxylic acids is 2. The summed E-state index contributed by atoms with van der Waals surface area (Å²) in [5.74, 6) is -1.63. The number of amides is 2. The highest BCUT2D eigenvalue weighted by Gasteiger charge is 2.24. The summed E-state index contributed by atoms with van der Waals surface area (Å²) in [6.45, 7) is 2.94. The van der Waals surface area contributed by atoms with Crippen molar-refractivity contribution in [3.05, 3.63) is 23.8 Å². The molecule has 2 amide bonds. The molecule has 1 unspecified atom stereocenters. The molecule has 0 saturated heterocycles. The van der Waals surface area contributed by atoms with E-state index in [0.29, 0.717) is 6.42 Å². The number of carbonyl (C=O) groups is 3. The van der Waals surface area contributed by atoms with Crippen LogP contribution in [0.3, 0.4) is 0 Å². The Labute approximate surface area is 140 Å². The van der Waals surface area contributed by atoms with E-state index in [-0.39, 0.29) is 29.7 Å². The lowest BCUT2D eigenvalue weighted by molar-refractivity contribution is -0.138. The quantitative estimate of drug-likeness (QED) is 0.690. The number of hydrogen-bond donors (Lipinski definition) is 2. The van der Waals surface area contributed by atoms with Gasteiger partial charge in [0.1, 0.15) is 6.54 Å². The maximum atomic E-state index is 12.6. The fourth-order valence-electron chi connectivity index (χ4n) is 2.03. The van der Waals surface area contributed by atoms with E-state index >= 15 is 0 Å². The van der Waals surface area contributed by atoms with Gasteiger partial charge in [0.05, 0.1) is 7.11 Å². The van der Waals surface area contributed by atoms with Gasteiger partial charge in [0.15, 0.2) is 18.1 Å². The van der Waals surface area contributed by atoms with Crippen molar-refractivity contribution in [2.75, 3.05) is 20.3 Å². The number of carboxylic acid groups (broad SMARTS) is 1. The molecule has 0 aromatic heterocycles. The van der Waals surface area contributed by atoms with E-state index in [1.165, 1.54) is 30.2 Å². The second-order valence-electron chi connectivity index (χ2n) is 5.20. The van der Waals surface area contributed by atoms with Gasteiger partial charge in [-0.25, -0.2) is 0 Å². The summed E-state index contributed by atoms with van der Waals surface area (Å²) in [4.78, 5) is 35.7. The molecule has 1 aromatic rings. The molecule has 8 heteroatoms. The topological polar surface area (TPSA) is 119 Å². The van der Waals surface area contributed by atoms with Crippen molar-refractivity contribution in [1.82, 2.24) is 4.90 Å². The number of rotatable bonds is 9. The number of carboxylic acids is 1. The predicted octanol–water partition coefficient (Wildman–Crippen LogP) is 0.885. The van der Waals surface area contributed by atoms with Crippen molar-refractivity contribution in [2.24, 2.45) is 5.73 Å². The van der Waals surface area contributed by atoms with Gasteiger partial charge < -0.3 is 25.2 Å². The van der Waals surface area contributed by atoms with Crippen molar-refractivity contribution in [2.45, 2.75) is 26.3 Å². The van der Waals surface area contributed by atoms with E-state index in [2.05, 4.69) is 0 Å². The Bertz CT molecular complexity index is 617. The molecule has 1 atom stereocenters. The number of nitrogens with zero attached hydrogens (tertiary/aromatic N) is 1. The zero-order chi connectivity index (χ0) is 18.3. The predicted molar refractivity (Wildman–Crippen MR) is 86.1 cm³/mol. The highest BCUT2D eigenvalue weighted by molar-refractivity contribution is 5.96. The summed E-state index contributed by atoms with van der Waals surface area (Å²) in [5, 5.41) is 9.01. The van der Waals surface area contributed by atoms with Crippen LogP contribution in [0.25, 0.3) is 0 Å². The minimum absolute atomic E-state index is 0.231. The Morgan fingerprint density at radius 3 is 2.46 bits per heavy atom. The van der Waals surface area contributed by atoms with E-state index in [1.807, 2.05) is 6.92 Å². The molecule has 0 aliphatic heterocycles. The minimum Gasteiger partial charge on any atom is -0.493 e. The van der Waals surface area contributed by atoms with Crippen LogP contribution in [0.4, 0.5) is 0 Å². The van der Waals surface area contributed by atoms with Gasteiger partial charge in [-0.05, 0) is 31.5 Å².